The van der Waals surface area contributed by atoms with Gasteiger partial charge in [-0.2, -0.15) is 5.26 Å². The van der Waals surface area contributed by atoms with E-state index < -0.39 is 5.92 Å². The molecule has 0 amide bonds. The zero-order chi connectivity index (χ0) is 15.9. The summed E-state index contributed by atoms with van der Waals surface area (Å²) in [4.78, 5) is 0. The summed E-state index contributed by atoms with van der Waals surface area (Å²) in [6.07, 6.45) is 9.69. The summed E-state index contributed by atoms with van der Waals surface area (Å²) in [5, 5.41) is 24.3. The third kappa shape index (κ3) is 3.68. The minimum absolute atomic E-state index is 0.0365. The van der Waals surface area contributed by atoms with E-state index in [0.717, 1.165) is 24.1 Å². The van der Waals surface area contributed by atoms with Gasteiger partial charge in [0.1, 0.15) is 5.92 Å². The average molecular weight is 302 g/mol. The first-order chi connectivity index (χ1) is 10.7. The molecule has 0 saturated carbocycles. The van der Waals surface area contributed by atoms with Gasteiger partial charge in [-0.3, -0.25) is 10.5 Å². The SMILES string of the molecule is CCCCCCCCCC1c2c(n[nH]c2C)OC(=N)C1C#N. The zero-order valence-corrected chi connectivity index (χ0v) is 13.6. The Balaban J connectivity index is 1.91. The fraction of sp³-hybridized carbons (Fsp3) is 0.706. The monoisotopic (exact) mass is 302 g/mol. The summed E-state index contributed by atoms with van der Waals surface area (Å²) < 4.78 is 5.38. The molecular formula is C17H26N4O. The van der Waals surface area contributed by atoms with Gasteiger partial charge in [0.25, 0.3) is 0 Å². The molecule has 2 heterocycles. The van der Waals surface area contributed by atoms with Crippen LogP contribution >= 0.6 is 0 Å². The van der Waals surface area contributed by atoms with Crippen LogP contribution in [0.2, 0.25) is 0 Å². The van der Waals surface area contributed by atoms with Crippen molar-refractivity contribution in [1.29, 1.82) is 10.7 Å². The van der Waals surface area contributed by atoms with Crippen LogP contribution in [0.4, 0.5) is 0 Å². The molecule has 1 aromatic rings. The largest absolute Gasteiger partial charge is 0.422 e. The van der Waals surface area contributed by atoms with Crippen LogP contribution in [0.25, 0.3) is 0 Å². The smallest absolute Gasteiger partial charge is 0.243 e. The van der Waals surface area contributed by atoms with Crippen molar-refractivity contribution in [2.45, 2.75) is 71.1 Å². The van der Waals surface area contributed by atoms with Crippen LogP contribution in [0.15, 0.2) is 0 Å². The van der Waals surface area contributed by atoms with E-state index in [9.17, 15) is 5.26 Å². The molecule has 120 valence electrons. The minimum atomic E-state index is -0.483. The van der Waals surface area contributed by atoms with Crippen LogP contribution in [0.1, 0.15) is 75.5 Å². The van der Waals surface area contributed by atoms with Gasteiger partial charge in [0.05, 0.1) is 6.07 Å². The number of nitrogens with zero attached hydrogens (tertiary/aromatic N) is 2. The molecule has 5 nitrogen and oxygen atoms in total. The number of nitrogens with one attached hydrogen (secondary N) is 2. The van der Waals surface area contributed by atoms with E-state index in [2.05, 4.69) is 23.2 Å². The summed E-state index contributed by atoms with van der Waals surface area (Å²) in [7, 11) is 0. The van der Waals surface area contributed by atoms with Crippen molar-refractivity contribution in [2.24, 2.45) is 5.92 Å². The Labute approximate surface area is 132 Å². The van der Waals surface area contributed by atoms with Gasteiger partial charge in [-0.25, -0.2) is 0 Å². The van der Waals surface area contributed by atoms with Crippen molar-refractivity contribution in [3.63, 3.8) is 0 Å². The van der Waals surface area contributed by atoms with Gasteiger partial charge >= 0.3 is 0 Å². The Bertz CT molecular complexity index is 543. The maximum Gasteiger partial charge on any atom is 0.243 e. The highest BCUT2D eigenvalue weighted by molar-refractivity contribution is 5.83. The topological polar surface area (TPSA) is 85.5 Å². The molecule has 2 rings (SSSR count). The van der Waals surface area contributed by atoms with Crippen LogP contribution in [0.5, 0.6) is 5.88 Å². The number of ether oxygens (including phenoxy) is 1. The summed E-state index contributed by atoms with van der Waals surface area (Å²) in [6.45, 7) is 4.18. The fourth-order valence-corrected chi connectivity index (χ4v) is 3.23. The third-order valence-electron chi connectivity index (χ3n) is 4.48. The van der Waals surface area contributed by atoms with Crippen molar-refractivity contribution in [3.05, 3.63) is 11.3 Å². The number of aromatic nitrogens is 2. The average Bonchev–Trinajstić information content (AvgIpc) is 2.87. The van der Waals surface area contributed by atoms with Crippen molar-refractivity contribution < 1.29 is 4.74 Å². The molecule has 22 heavy (non-hydrogen) atoms. The molecule has 0 aliphatic carbocycles. The third-order valence-corrected chi connectivity index (χ3v) is 4.48. The zero-order valence-electron chi connectivity index (χ0n) is 13.6. The van der Waals surface area contributed by atoms with Gasteiger partial charge in [-0.15, -0.1) is 5.10 Å². The molecule has 2 unspecified atom stereocenters. The van der Waals surface area contributed by atoms with Crippen molar-refractivity contribution in [3.8, 4) is 11.9 Å². The minimum Gasteiger partial charge on any atom is -0.422 e. The summed E-state index contributed by atoms with van der Waals surface area (Å²) in [6, 6.07) is 2.24. The predicted molar refractivity (Wildman–Crippen MR) is 86.1 cm³/mol. The van der Waals surface area contributed by atoms with E-state index in [-0.39, 0.29) is 11.8 Å². The van der Waals surface area contributed by atoms with Gasteiger partial charge in [-0.1, -0.05) is 51.9 Å². The lowest BCUT2D eigenvalue weighted by Gasteiger charge is -2.27. The molecule has 5 heteroatoms. The number of rotatable bonds is 8. The number of aryl methyl sites for hydroxylation is 1. The van der Waals surface area contributed by atoms with Crippen LogP contribution < -0.4 is 4.74 Å². The van der Waals surface area contributed by atoms with E-state index >= 15 is 0 Å². The lowest BCUT2D eigenvalue weighted by Crippen LogP contribution is -2.30. The van der Waals surface area contributed by atoms with E-state index in [0.29, 0.717) is 5.88 Å². The summed E-state index contributed by atoms with van der Waals surface area (Å²) in [5.74, 6) is 0.0796. The number of hydrogen-bond donors (Lipinski definition) is 2. The Morgan fingerprint density at radius 1 is 1.23 bits per heavy atom. The highest BCUT2D eigenvalue weighted by Gasteiger charge is 2.38. The van der Waals surface area contributed by atoms with Crippen LogP contribution in [-0.4, -0.2) is 16.1 Å². The molecule has 1 aliphatic heterocycles. The molecule has 1 aliphatic rings. The Hall–Kier alpha value is -1.83. The molecular weight excluding hydrogens is 276 g/mol. The highest BCUT2D eigenvalue weighted by Crippen LogP contribution is 2.41. The molecule has 0 saturated heterocycles. The first kappa shape index (κ1) is 16.5. The number of unbranched alkanes of at least 4 members (excludes halogenated alkanes) is 6. The van der Waals surface area contributed by atoms with Crippen LogP contribution in [-0.2, 0) is 0 Å². The molecule has 0 spiro atoms. The second kappa shape index (κ2) is 7.98. The van der Waals surface area contributed by atoms with E-state index in [1.165, 1.54) is 38.5 Å². The second-order valence-corrected chi connectivity index (χ2v) is 6.16. The molecule has 0 bridgehead atoms. The molecule has 1 aromatic heterocycles. The van der Waals surface area contributed by atoms with Crippen molar-refractivity contribution in [2.75, 3.05) is 0 Å². The van der Waals surface area contributed by atoms with E-state index in [4.69, 9.17) is 10.1 Å². The fourth-order valence-electron chi connectivity index (χ4n) is 3.23. The maximum atomic E-state index is 9.38. The van der Waals surface area contributed by atoms with E-state index in [1.54, 1.807) is 0 Å². The van der Waals surface area contributed by atoms with Gasteiger partial charge in [0, 0.05) is 17.2 Å². The predicted octanol–water partition coefficient (Wildman–Crippen LogP) is 4.45. The maximum absolute atomic E-state index is 9.38. The molecule has 2 N–H and O–H groups in total. The molecule has 2 atom stereocenters. The second-order valence-electron chi connectivity index (χ2n) is 6.16. The van der Waals surface area contributed by atoms with Gasteiger partial charge in [-0.05, 0) is 13.3 Å². The number of fused-ring (bicyclic) bond motifs is 1. The molecule has 0 aromatic carbocycles. The molecule has 0 radical (unpaired) electrons. The number of nitriles is 1. The van der Waals surface area contributed by atoms with Gasteiger partial charge in [0.2, 0.25) is 11.8 Å². The summed E-state index contributed by atoms with van der Waals surface area (Å²) in [5.41, 5.74) is 1.95. The summed E-state index contributed by atoms with van der Waals surface area (Å²) >= 11 is 0. The normalized spacial score (nSPS) is 20.3. The van der Waals surface area contributed by atoms with Crippen molar-refractivity contribution >= 4 is 5.90 Å². The Kier molecular flexibility index (Phi) is 6.00. The van der Waals surface area contributed by atoms with Crippen molar-refractivity contribution in [1.82, 2.24) is 10.2 Å². The number of H-pyrrole nitrogens is 1. The lowest BCUT2D eigenvalue weighted by atomic mass is 9.81. The quantitative estimate of drug-likeness (QED) is 0.695. The number of aromatic amines is 1. The van der Waals surface area contributed by atoms with Crippen LogP contribution in [0.3, 0.4) is 0 Å². The highest BCUT2D eigenvalue weighted by atomic mass is 16.5. The number of hydrogen-bond acceptors (Lipinski definition) is 4. The lowest BCUT2D eigenvalue weighted by molar-refractivity contribution is 0.397. The van der Waals surface area contributed by atoms with Gasteiger partial charge < -0.3 is 4.74 Å². The standard InChI is InChI=1S/C17H26N4O/c1-3-4-5-6-7-8-9-10-13-14(11-18)16(19)22-17-15(13)12(2)20-21-17/h13-14,19H,3-10H2,1-2H3,(H,20,21). The molecule has 0 fully saturated rings. The first-order valence-corrected chi connectivity index (χ1v) is 8.39. The van der Waals surface area contributed by atoms with Gasteiger partial charge in [0.15, 0.2) is 0 Å². The first-order valence-electron chi connectivity index (χ1n) is 8.39. The Morgan fingerprint density at radius 2 is 1.91 bits per heavy atom. The Morgan fingerprint density at radius 3 is 2.59 bits per heavy atom. The van der Waals surface area contributed by atoms with E-state index in [1.807, 2.05) is 6.92 Å². The van der Waals surface area contributed by atoms with Crippen LogP contribution in [0, 0.1) is 29.6 Å².